The van der Waals surface area contributed by atoms with Crippen molar-refractivity contribution >= 4 is 22.1 Å². The number of rotatable bonds is 36. The lowest BCUT2D eigenvalue weighted by Gasteiger charge is -2.40. The third-order valence-corrected chi connectivity index (χ3v) is 10.4. The molecule has 63 heavy (non-hydrogen) atoms. The van der Waals surface area contributed by atoms with E-state index in [1.807, 2.05) is 36.5 Å². The molecule has 6 atom stereocenters. The summed E-state index contributed by atoms with van der Waals surface area (Å²) in [7, 11) is -4.62. The summed E-state index contributed by atoms with van der Waals surface area (Å²) >= 11 is 0. The van der Waals surface area contributed by atoms with Crippen LogP contribution in [0, 0.1) is 0 Å². The van der Waals surface area contributed by atoms with Gasteiger partial charge in [0.05, 0.1) is 6.61 Å². The minimum atomic E-state index is -4.62. The molecule has 0 aliphatic carbocycles. The van der Waals surface area contributed by atoms with E-state index in [0.717, 1.165) is 96.3 Å². The van der Waals surface area contributed by atoms with Gasteiger partial charge in [-0.25, -0.2) is 0 Å². The summed E-state index contributed by atoms with van der Waals surface area (Å²) < 4.78 is 54.0. The van der Waals surface area contributed by atoms with Crippen molar-refractivity contribution in [1.82, 2.24) is 0 Å². The second-order valence-corrected chi connectivity index (χ2v) is 16.9. The summed E-state index contributed by atoms with van der Waals surface area (Å²) in [5, 5.41) is 30.9. The van der Waals surface area contributed by atoms with E-state index in [4.69, 9.17) is 18.9 Å². The van der Waals surface area contributed by atoms with Gasteiger partial charge >= 0.3 is 11.9 Å². The molecule has 1 heterocycles. The lowest BCUT2D eigenvalue weighted by Crippen LogP contribution is -2.60. The van der Waals surface area contributed by atoms with E-state index in [0.29, 0.717) is 12.8 Å². The molecule has 0 aromatic carbocycles. The second-order valence-electron chi connectivity index (χ2n) is 15.4. The lowest BCUT2D eigenvalue weighted by atomic mass is 10.00. The number of aliphatic hydroxyl groups excluding tert-OH is 3. The van der Waals surface area contributed by atoms with Gasteiger partial charge in [0, 0.05) is 12.8 Å². The molecule has 1 aliphatic heterocycles. The van der Waals surface area contributed by atoms with Gasteiger partial charge in [-0.05, 0) is 77.0 Å². The molecule has 3 unspecified atom stereocenters. The van der Waals surface area contributed by atoms with Crippen LogP contribution in [0.15, 0.2) is 109 Å². The third-order valence-electron chi connectivity index (χ3n) is 9.69. The van der Waals surface area contributed by atoms with Crippen LogP contribution in [0.5, 0.6) is 0 Å². The molecule has 13 heteroatoms. The molecule has 12 nitrogen and oxygen atoms in total. The predicted octanol–water partition coefficient (Wildman–Crippen LogP) is 9.61. The van der Waals surface area contributed by atoms with Crippen molar-refractivity contribution in [3.05, 3.63) is 109 Å². The number of hydrogen-bond donors (Lipinski definition) is 4. The van der Waals surface area contributed by atoms with Gasteiger partial charge in [-0.1, -0.05) is 155 Å². The molecule has 1 saturated heterocycles. The van der Waals surface area contributed by atoms with Gasteiger partial charge in [0.25, 0.3) is 10.1 Å². The van der Waals surface area contributed by atoms with E-state index in [1.54, 1.807) is 0 Å². The Bertz CT molecular complexity index is 1570. The molecule has 0 saturated carbocycles. The van der Waals surface area contributed by atoms with Crippen molar-refractivity contribution < 1.29 is 56.8 Å². The molecule has 0 aromatic rings. The molecule has 1 fully saturated rings. The Labute approximate surface area is 378 Å². The summed E-state index contributed by atoms with van der Waals surface area (Å²) in [6.07, 6.45) is 44.2. The summed E-state index contributed by atoms with van der Waals surface area (Å²) in [4.78, 5) is 25.4. The monoisotopic (exact) mass is 903 g/mol. The van der Waals surface area contributed by atoms with Crippen LogP contribution in [-0.2, 0) is 38.7 Å². The van der Waals surface area contributed by atoms with Crippen LogP contribution < -0.4 is 0 Å². The molecule has 0 amide bonds. The first-order valence-electron chi connectivity index (χ1n) is 23.0. The average Bonchev–Trinajstić information content (AvgIpc) is 3.25. The number of hydrogen-bond acceptors (Lipinski definition) is 11. The Balaban J connectivity index is 2.44. The molecule has 0 aromatic heterocycles. The maximum Gasteiger partial charge on any atom is 0.306 e. The number of esters is 2. The van der Waals surface area contributed by atoms with Crippen molar-refractivity contribution in [2.75, 3.05) is 19.0 Å². The first-order valence-corrected chi connectivity index (χ1v) is 24.6. The normalized spacial score (nSPS) is 20.8. The van der Waals surface area contributed by atoms with Crippen molar-refractivity contribution in [3.8, 4) is 0 Å². The molecule has 0 spiro atoms. The molecule has 356 valence electrons. The molecular weight excluding hydrogens is 825 g/mol. The van der Waals surface area contributed by atoms with E-state index in [-0.39, 0.29) is 19.4 Å². The van der Waals surface area contributed by atoms with Crippen molar-refractivity contribution in [3.63, 3.8) is 0 Å². The van der Waals surface area contributed by atoms with Crippen LogP contribution in [-0.4, -0.2) is 96.0 Å². The Morgan fingerprint density at radius 3 is 1.62 bits per heavy atom. The fourth-order valence-electron chi connectivity index (χ4n) is 6.18. The minimum absolute atomic E-state index is 0.107. The fraction of sp³-hybridized carbons (Fsp3) is 0.600. The van der Waals surface area contributed by atoms with Gasteiger partial charge in [-0.15, -0.1) is 0 Å². The van der Waals surface area contributed by atoms with E-state index in [9.17, 15) is 37.9 Å². The average molecular weight is 903 g/mol. The first-order chi connectivity index (χ1) is 30.5. The van der Waals surface area contributed by atoms with Crippen molar-refractivity contribution in [2.24, 2.45) is 0 Å². The van der Waals surface area contributed by atoms with Crippen LogP contribution in [0.1, 0.15) is 136 Å². The maximum atomic E-state index is 12.8. The highest BCUT2D eigenvalue weighted by Crippen LogP contribution is 2.24. The van der Waals surface area contributed by atoms with Crippen LogP contribution in [0.3, 0.4) is 0 Å². The highest BCUT2D eigenvalue weighted by molar-refractivity contribution is 7.85. The molecule has 0 bridgehead atoms. The summed E-state index contributed by atoms with van der Waals surface area (Å²) in [5.74, 6) is -2.07. The number of unbranched alkanes of at least 4 members (excludes halogenated alkanes) is 9. The summed E-state index contributed by atoms with van der Waals surface area (Å²) in [6.45, 7) is 3.44. The van der Waals surface area contributed by atoms with Gasteiger partial charge in [0.1, 0.15) is 36.8 Å². The minimum Gasteiger partial charge on any atom is -0.462 e. The summed E-state index contributed by atoms with van der Waals surface area (Å²) in [6, 6.07) is 0. The van der Waals surface area contributed by atoms with Gasteiger partial charge in [0.2, 0.25) is 0 Å². The topological polar surface area (TPSA) is 186 Å². The molecule has 1 rings (SSSR count). The molecular formula is C50H78O12S. The van der Waals surface area contributed by atoms with Crippen LogP contribution in [0.25, 0.3) is 0 Å². The zero-order chi connectivity index (χ0) is 46.2. The number of aliphatic hydroxyl groups is 3. The molecule has 1 aliphatic rings. The Hall–Kier alpha value is -3.69. The van der Waals surface area contributed by atoms with E-state index < -0.39 is 71.2 Å². The van der Waals surface area contributed by atoms with E-state index in [2.05, 4.69) is 86.8 Å². The van der Waals surface area contributed by atoms with E-state index >= 15 is 0 Å². The number of carbonyl (C=O) groups is 2. The second kappa shape index (κ2) is 38.7. The quantitative estimate of drug-likeness (QED) is 0.0154. The zero-order valence-corrected chi connectivity index (χ0v) is 38.7. The predicted molar refractivity (Wildman–Crippen MR) is 251 cm³/mol. The zero-order valence-electron chi connectivity index (χ0n) is 37.9. The smallest absolute Gasteiger partial charge is 0.306 e. The SMILES string of the molecule is CC/C=C/C=C/C=C/C=C/CCCCCC(=O)OC(COC(=O)CCCCCCCC/C=C/C/C=C/C/C=C/C/C=C/C/C=C/CC)CO[C@H]1O[C@H](CS(=O)(=O)O)[C@@H](O)C(O)C1O. The van der Waals surface area contributed by atoms with E-state index in [1.165, 1.54) is 0 Å². The lowest BCUT2D eigenvalue weighted by molar-refractivity contribution is -0.297. The van der Waals surface area contributed by atoms with Gasteiger partial charge in [-0.2, -0.15) is 8.42 Å². The Morgan fingerprint density at radius 2 is 1.03 bits per heavy atom. The highest BCUT2D eigenvalue weighted by Gasteiger charge is 2.46. The number of ether oxygens (including phenoxy) is 4. The maximum absolute atomic E-state index is 12.8. The Kier molecular flexibility index (Phi) is 35.3. The third kappa shape index (κ3) is 33.5. The van der Waals surface area contributed by atoms with Crippen LogP contribution in [0.4, 0.5) is 0 Å². The van der Waals surface area contributed by atoms with Gasteiger partial charge in [0.15, 0.2) is 12.4 Å². The highest BCUT2D eigenvalue weighted by atomic mass is 32.2. The van der Waals surface area contributed by atoms with Crippen molar-refractivity contribution in [2.45, 2.75) is 173 Å². The number of allylic oxidation sites excluding steroid dienone is 18. The van der Waals surface area contributed by atoms with Crippen LogP contribution in [0.2, 0.25) is 0 Å². The molecule has 4 N–H and O–H groups in total. The number of carbonyl (C=O) groups excluding carboxylic acids is 2. The fourth-order valence-corrected chi connectivity index (χ4v) is 6.87. The van der Waals surface area contributed by atoms with Gasteiger partial charge in [-0.3, -0.25) is 14.1 Å². The summed E-state index contributed by atoms with van der Waals surface area (Å²) in [5.41, 5.74) is 0. The van der Waals surface area contributed by atoms with Gasteiger partial charge < -0.3 is 34.3 Å². The largest absolute Gasteiger partial charge is 0.462 e. The Morgan fingerprint density at radius 1 is 0.556 bits per heavy atom. The van der Waals surface area contributed by atoms with Crippen molar-refractivity contribution in [1.29, 1.82) is 0 Å². The standard InChI is InChI=1S/C50H78O12S/c1-3-5-7-9-11-13-15-17-18-19-20-21-22-23-24-25-27-28-30-32-34-36-38-45(51)59-40-43(41-60-50-49(55)48(54)47(53)44(62-50)42-63(56,57)58)61-46(52)39-37-35-33-31-29-26-16-14-12-10-8-6-4-2/h5-8,10-14,16-18,20-21,23-24,26,29,43-44,47-50,53-55H,3-4,9,15,19,22,25,27-28,30-42H2,1-2H3,(H,56,57,58)/b7-5+,8-6+,12-10+,13-11+,16-14+,18-17+,21-20+,24-23+,29-26+/t43?,44-,47-,48?,49?,50+/m1/s1. The first kappa shape index (κ1) is 57.3. The van der Waals surface area contributed by atoms with Crippen LogP contribution >= 0.6 is 0 Å². The molecule has 0 radical (unpaired) electrons.